The maximum absolute atomic E-state index is 13.0. The third kappa shape index (κ3) is 4.99. The Hall–Kier alpha value is -3.87. The number of nitrogens with one attached hydrogen (secondary N) is 1. The van der Waals surface area contributed by atoms with Gasteiger partial charge in [0.1, 0.15) is 0 Å². The van der Waals surface area contributed by atoms with Crippen molar-refractivity contribution in [3.8, 4) is 22.6 Å². The third-order valence-corrected chi connectivity index (χ3v) is 6.07. The van der Waals surface area contributed by atoms with E-state index in [1.807, 2.05) is 64.1 Å². The number of carbonyl (C=O) groups is 1. The minimum atomic E-state index is -0.158. The van der Waals surface area contributed by atoms with E-state index in [4.69, 9.17) is 14.6 Å². The number of benzene rings is 2. The second-order valence-corrected chi connectivity index (χ2v) is 8.50. The molecule has 0 saturated heterocycles. The monoisotopic (exact) mass is 472 g/mol. The third-order valence-electron chi connectivity index (χ3n) is 6.07. The molecule has 0 spiro atoms. The van der Waals surface area contributed by atoms with E-state index >= 15 is 0 Å². The summed E-state index contributed by atoms with van der Waals surface area (Å²) in [5.74, 6) is 1.44. The van der Waals surface area contributed by atoms with Gasteiger partial charge in [-0.3, -0.25) is 4.79 Å². The predicted octanol–water partition coefficient (Wildman–Crippen LogP) is 5.34. The number of carbonyl (C=O) groups excluding carboxylic acids is 1. The maximum Gasteiger partial charge on any atom is 0.254 e. The van der Waals surface area contributed by atoms with Crippen LogP contribution in [-0.2, 0) is 0 Å². The molecule has 0 radical (unpaired) electrons. The van der Waals surface area contributed by atoms with Crippen molar-refractivity contribution in [1.29, 1.82) is 0 Å². The zero-order valence-corrected chi connectivity index (χ0v) is 21.0. The van der Waals surface area contributed by atoms with Crippen molar-refractivity contribution < 1.29 is 14.3 Å². The van der Waals surface area contributed by atoms with Gasteiger partial charge in [-0.05, 0) is 56.9 Å². The molecule has 1 N–H and O–H groups in total. The van der Waals surface area contributed by atoms with E-state index in [1.54, 1.807) is 10.7 Å². The Balaban J connectivity index is 1.63. The number of aryl methyl sites for hydroxylation is 2. The fourth-order valence-electron chi connectivity index (χ4n) is 4.21. The van der Waals surface area contributed by atoms with Crippen LogP contribution in [0, 0.1) is 13.8 Å². The summed E-state index contributed by atoms with van der Waals surface area (Å²) in [5, 5.41) is 7.76. The van der Waals surface area contributed by atoms with Crippen molar-refractivity contribution in [3.05, 3.63) is 77.2 Å². The number of ether oxygens (including phenoxy) is 2. The molecule has 2 heterocycles. The van der Waals surface area contributed by atoms with E-state index in [0.29, 0.717) is 42.5 Å². The molecule has 0 unspecified atom stereocenters. The largest absolute Gasteiger partial charge is 0.490 e. The first-order chi connectivity index (χ1) is 16.9. The average molecular weight is 473 g/mol. The summed E-state index contributed by atoms with van der Waals surface area (Å²) in [7, 11) is 0. The van der Waals surface area contributed by atoms with E-state index in [-0.39, 0.29) is 11.8 Å². The number of hydrogen-bond acceptors (Lipinski definition) is 5. The summed E-state index contributed by atoms with van der Waals surface area (Å²) in [6, 6.07) is 16.0. The van der Waals surface area contributed by atoms with Crippen LogP contribution in [-0.4, -0.2) is 40.3 Å². The van der Waals surface area contributed by atoms with Crippen molar-refractivity contribution in [2.75, 3.05) is 19.8 Å². The Morgan fingerprint density at radius 2 is 1.74 bits per heavy atom. The molecular formula is C28H32N4O3. The van der Waals surface area contributed by atoms with Crippen LogP contribution in [0.4, 0.5) is 0 Å². The Labute approximate surface area is 206 Å². The topological polar surface area (TPSA) is 77.8 Å². The lowest BCUT2D eigenvalue weighted by molar-refractivity contribution is 0.0950. The van der Waals surface area contributed by atoms with Gasteiger partial charge in [-0.1, -0.05) is 43.3 Å². The second-order valence-electron chi connectivity index (χ2n) is 8.50. The summed E-state index contributed by atoms with van der Waals surface area (Å²) in [6.07, 6.45) is 1.63. The highest BCUT2D eigenvalue weighted by molar-refractivity contribution is 5.95. The van der Waals surface area contributed by atoms with Crippen LogP contribution in [0.3, 0.4) is 0 Å². The highest BCUT2D eigenvalue weighted by atomic mass is 16.5. The molecule has 0 aliphatic rings. The van der Waals surface area contributed by atoms with Gasteiger partial charge in [0.2, 0.25) is 0 Å². The van der Waals surface area contributed by atoms with Crippen LogP contribution >= 0.6 is 0 Å². The van der Waals surface area contributed by atoms with Gasteiger partial charge in [0.25, 0.3) is 5.91 Å². The fourth-order valence-corrected chi connectivity index (χ4v) is 4.21. The van der Waals surface area contributed by atoms with E-state index in [2.05, 4.69) is 29.4 Å². The first-order valence-corrected chi connectivity index (χ1v) is 12.0. The Bertz CT molecular complexity index is 1330. The molecule has 0 fully saturated rings. The van der Waals surface area contributed by atoms with Crippen LogP contribution in [0.15, 0.2) is 54.7 Å². The molecule has 1 atom stereocenters. The molecule has 4 rings (SSSR count). The van der Waals surface area contributed by atoms with Crippen LogP contribution in [0.25, 0.3) is 16.8 Å². The zero-order chi connectivity index (χ0) is 24.9. The van der Waals surface area contributed by atoms with E-state index < -0.39 is 0 Å². The first kappa shape index (κ1) is 24.3. The van der Waals surface area contributed by atoms with Gasteiger partial charge in [-0.15, -0.1) is 0 Å². The van der Waals surface area contributed by atoms with Gasteiger partial charge in [0.05, 0.1) is 30.2 Å². The van der Waals surface area contributed by atoms with Crippen LogP contribution in [0.5, 0.6) is 11.5 Å². The molecule has 182 valence electrons. The molecule has 4 aromatic rings. The van der Waals surface area contributed by atoms with Crippen molar-refractivity contribution in [2.24, 2.45) is 0 Å². The van der Waals surface area contributed by atoms with E-state index in [0.717, 1.165) is 22.5 Å². The van der Waals surface area contributed by atoms with Crippen molar-refractivity contribution in [1.82, 2.24) is 19.9 Å². The number of rotatable bonds is 9. The zero-order valence-electron chi connectivity index (χ0n) is 21.0. The number of nitrogens with zero attached hydrogens (tertiary/aromatic N) is 3. The maximum atomic E-state index is 13.0. The number of amides is 1. The molecule has 0 bridgehead atoms. The molecular weight excluding hydrogens is 440 g/mol. The van der Waals surface area contributed by atoms with Crippen molar-refractivity contribution in [3.63, 3.8) is 0 Å². The Kier molecular flexibility index (Phi) is 7.34. The molecule has 7 nitrogen and oxygen atoms in total. The van der Waals surface area contributed by atoms with Gasteiger partial charge < -0.3 is 14.8 Å². The number of aromatic nitrogens is 3. The van der Waals surface area contributed by atoms with Crippen LogP contribution in [0.2, 0.25) is 0 Å². The van der Waals surface area contributed by atoms with E-state index in [9.17, 15) is 4.79 Å². The SMILES string of the molecule is CCOc1ccc(-c2c(C)nn3c(C)c(C(=O)NC[C@@H](C)c4ccccc4)cnc23)cc1OCC. The molecule has 2 aromatic carbocycles. The van der Waals surface area contributed by atoms with Crippen molar-refractivity contribution in [2.45, 2.75) is 40.5 Å². The second kappa shape index (κ2) is 10.6. The number of fused-ring (bicyclic) bond motifs is 1. The molecule has 7 heteroatoms. The first-order valence-electron chi connectivity index (χ1n) is 12.0. The lowest BCUT2D eigenvalue weighted by atomic mass is 10.0. The number of hydrogen-bond donors (Lipinski definition) is 1. The Morgan fingerprint density at radius 1 is 1.03 bits per heavy atom. The van der Waals surface area contributed by atoms with Gasteiger partial charge in [0, 0.05) is 18.3 Å². The van der Waals surface area contributed by atoms with Crippen LogP contribution in [0.1, 0.15) is 54.0 Å². The van der Waals surface area contributed by atoms with Gasteiger partial charge in [-0.2, -0.15) is 5.10 Å². The van der Waals surface area contributed by atoms with Gasteiger partial charge >= 0.3 is 0 Å². The lowest BCUT2D eigenvalue weighted by Gasteiger charge is -2.14. The average Bonchev–Trinajstić information content (AvgIpc) is 3.21. The van der Waals surface area contributed by atoms with Gasteiger partial charge in [0.15, 0.2) is 17.1 Å². The van der Waals surface area contributed by atoms with Crippen LogP contribution < -0.4 is 14.8 Å². The summed E-state index contributed by atoms with van der Waals surface area (Å²) in [6.45, 7) is 11.5. The predicted molar refractivity (Wildman–Crippen MR) is 137 cm³/mol. The molecule has 2 aromatic heterocycles. The fraction of sp³-hybridized carbons (Fsp3) is 0.321. The summed E-state index contributed by atoms with van der Waals surface area (Å²) in [4.78, 5) is 17.6. The molecule has 35 heavy (non-hydrogen) atoms. The highest BCUT2D eigenvalue weighted by Crippen LogP contribution is 2.36. The highest BCUT2D eigenvalue weighted by Gasteiger charge is 2.20. The quantitative estimate of drug-likeness (QED) is 0.356. The minimum absolute atomic E-state index is 0.158. The lowest BCUT2D eigenvalue weighted by Crippen LogP contribution is -2.28. The van der Waals surface area contributed by atoms with Crippen molar-refractivity contribution >= 4 is 11.6 Å². The summed E-state index contributed by atoms with van der Waals surface area (Å²) >= 11 is 0. The molecule has 0 aliphatic heterocycles. The van der Waals surface area contributed by atoms with E-state index in [1.165, 1.54) is 5.56 Å². The molecule has 0 saturated carbocycles. The smallest absolute Gasteiger partial charge is 0.254 e. The Morgan fingerprint density at radius 3 is 2.46 bits per heavy atom. The van der Waals surface area contributed by atoms with Gasteiger partial charge in [-0.25, -0.2) is 9.50 Å². The minimum Gasteiger partial charge on any atom is -0.490 e. The summed E-state index contributed by atoms with van der Waals surface area (Å²) in [5.41, 5.74) is 5.79. The normalized spacial score (nSPS) is 11.9. The molecule has 0 aliphatic carbocycles. The standard InChI is InChI=1S/C28H32N4O3/c1-6-34-24-14-13-22(15-25(24)35-7-2)26-19(4)31-32-20(5)23(17-29-27(26)32)28(33)30-16-18(3)21-11-9-8-10-12-21/h8-15,17-18H,6-7,16H2,1-5H3,(H,30,33)/t18-/m1/s1. The molecule has 1 amide bonds. The summed E-state index contributed by atoms with van der Waals surface area (Å²) < 4.78 is 13.3.